The molecule has 0 radical (unpaired) electrons. The summed E-state index contributed by atoms with van der Waals surface area (Å²) in [5.41, 5.74) is 5.12. The second kappa shape index (κ2) is 14.9. The number of ether oxygens (including phenoxy) is 2. The van der Waals surface area contributed by atoms with Crippen molar-refractivity contribution in [1.29, 1.82) is 5.26 Å². The van der Waals surface area contributed by atoms with Crippen LogP contribution in [0.25, 0.3) is 0 Å². The molecule has 5 rings (SSSR count). The van der Waals surface area contributed by atoms with Crippen LogP contribution in [0.2, 0.25) is 0 Å². The predicted octanol–water partition coefficient (Wildman–Crippen LogP) is 4.32. The number of anilines is 2. The summed E-state index contributed by atoms with van der Waals surface area (Å²) in [5, 5.41) is 15.6. The first-order valence-electron chi connectivity index (χ1n) is 15.4. The molecule has 1 aliphatic heterocycles. The first kappa shape index (κ1) is 32.4. The van der Waals surface area contributed by atoms with Crippen molar-refractivity contribution in [2.24, 2.45) is 5.41 Å². The van der Waals surface area contributed by atoms with Crippen LogP contribution >= 0.6 is 11.8 Å². The van der Waals surface area contributed by atoms with E-state index >= 15 is 0 Å². The molecule has 2 aromatic carbocycles. The second-order valence-electron chi connectivity index (χ2n) is 12.1. The van der Waals surface area contributed by atoms with Crippen molar-refractivity contribution in [1.82, 2.24) is 9.88 Å². The smallest absolute Gasteiger partial charge is 0.337 e. The zero-order valence-electron chi connectivity index (χ0n) is 26.2. The first-order valence-corrected chi connectivity index (χ1v) is 16.4. The maximum absolute atomic E-state index is 13.1. The molecule has 0 atom stereocenters. The van der Waals surface area contributed by atoms with Crippen LogP contribution in [-0.2, 0) is 15.3 Å². The number of nitrogens with one attached hydrogen (secondary N) is 2. The van der Waals surface area contributed by atoms with Gasteiger partial charge in [-0.1, -0.05) is 29.2 Å². The number of aromatic nitrogens is 1. The number of methoxy groups -OCH3 is 1. The molecule has 3 aromatic rings. The highest BCUT2D eigenvalue weighted by Crippen LogP contribution is 2.48. The molecular weight excluding hydrogens is 585 g/mol. The fourth-order valence-electron chi connectivity index (χ4n) is 5.55. The number of piperidine rings is 1. The van der Waals surface area contributed by atoms with Crippen molar-refractivity contribution in [3.8, 4) is 11.9 Å². The number of esters is 1. The van der Waals surface area contributed by atoms with E-state index in [-0.39, 0.29) is 24.0 Å². The van der Waals surface area contributed by atoms with E-state index in [0.717, 1.165) is 50.2 Å². The molecule has 1 aromatic heterocycles. The van der Waals surface area contributed by atoms with Crippen molar-refractivity contribution in [3.05, 3.63) is 71.4 Å². The monoisotopic (exact) mass is 625 g/mol. The largest absolute Gasteiger partial charge is 0.474 e. The van der Waals surface area contributed by atoms with Crippen molar-refractivity contribution >= 4 is 48.3 Å². The lowest BCUT2D eigenvalue weighted by molar-refractivity contribution is -0.117. The number of benzene rings is 2. The molecule has 9 nitrogen and oxygen atoms in total. The SMILES string of the molecule is Bc1cc(C)ccc1SCc1cccc(OC2CCN(CC(=O)Nc3ccc(C(=O)OC)cc3NCC3(CC#N)CC3)CC2)n1. The van der Waals surface area contributed by atoms with Gasteiger partial charge in [-0.2, -0.15) is 5.26 Å². The zero-order valence-corrected chi connectivity index (χ0v) is 27.0. The Hall–Kier alpha value is -4.01. The summed E-state index contributed by atoms with van der Waals surface area (Å²) < 4.78 is 11.1. The van der Waals surface area contributed by atoms with Crippen LogP contribution in [0.4, 0.5) is 11.4 Å². The Labute approximate surface area is 270 Å². The van der Waals surface area contributed by atoms with E-state index in [9.17, 15) is 14.9 Å². The fourth-order valence-corrected chi connectivity index (χ4v) is 6.47. The van der Waals surface area contributed by atoms with Crippen molar-refractivity contribution in [2.75, 3.05) is 43.9 Å². The summed E-state index contributed by atoms with van der Waals surface area (Å²) in [5.74, 6) is 0.843. The molecule has 45 heavy (non-hydrogen) atoms. The molecule has 0 bridgehead atoms. The van der Waals surface area contributed by atoms with E-state index in [1.54, 1.807) is 30.0 Å². The molecule has 2 fully saturated rings. The minimum atomic E-state index is -0.447. The third-order valence-corrected chi connectivity index (χ3v) is 9.67. The molecule has 2 aliphatic rings. The topological polar surface area (TPSA) is 117 Å². The molecule has 1 saturated carbocycles. The molecule has 1 aliphatic carbocycles. The number of carbonyl (C=O) groups excluding carboxylic acids is 2. The van der Waals surface area contributed by atoms with E-state index in [1.165, 1.54) is 23.0 Å². The molecule has 0 spiro atoms. The lowest BCUT2D eigenvalue weighted by Crippen LogP contribution is -2.42. The quantitative estimate of drug-likeness (QED) is 0.163. The van der Waals surface area contributed by atoms with Gasteiger partial charge in [0, 0.05) is 48.2 Å². The number of thioether (sulfide) groups is 1. The standard InChI is InChI=1S/C34H40BN5O4S/c1-23-6-9-30(27(35)18-23)45-21-25-4-3-5-32(38-25)44-26-10-16-40(17-11-26)20-31(41)39-28-8-7-24(33(42)43-2)19-29(28)37-22-34(12-13-34)14-15-36/h3-9,18-19,26,37H,10-14,16-17,20-22,35H2,1-2H3,(H,39,41). The third-order valence-electron chi connectivity index (χ3n) is 8.46. The number of nitrogens with zero attached hydrogens (tertiary/aromatic N) is 3. The van der Waals surface area contributed by atoms with Crippen LogP contribution in [0, 0.1) is 23.7 Å². The molecular formula is C34H40BN5O4S. The number of hydrogen-bond donors (Lipinski definition) is 2. The number of likely N-dealkylation sites (tertiary alicyclic amines) is 1. The zero-order chi connectivity index (χ0) is 31.8. The number of pyridine rings is 1. The summed E-state index contributed by atoms with van der Waals surface area (Å²) in [6.45, 7) is 4.44. The van der Waals surface area contributed by atoms with Gasteiger partial charge in [0.2, 0.25) is 11.8 Å². The highest BCUT2D eigenvalue weighted by atomic mass is 32.2. The fraction of sp³-hybridized carbons (Fsp3) is 0.412. The van der Waals surface area contributed by atoms with Crippen molar-refractivity contribution in [3.63, 3.8) is 0 Å². The molecule has 0 unspecified atom stereocenters. The first-order chi connectivity index (χ1) is 21.8. The number of carbonyl (C=O) groups is 2. The average molecular weight is 626 g/mol. The summed E-state index contributed by atoms with van der Waals surface area (Å²) in [6, 6.07) is 19.8. The van der Waals surface area contributed by atoms with Crippen LogP contribution < -0.4 is 20.8 Å². The van der Waals surface area contributed by atoms with E-state index in [1.807, 2.05) is 18.2 Å². The average Bonchev–Trinajstić information content (AvgIpc) is 3.80. The Morgan fingerprint density at radius 1 is 1.13 bits per heavy atom. The van der Waals surface area contributed by atoms with Crippen molar-refractivity contribution in [2.45, 2.75) is 55.8 Å². The Kier molecular flexibility index (Phi) is 10.7. The van der Waals surface area contributed by atoms with Crippen LogP contribution in [-0.4, -0.2) is 69.0 Å². The summed E-state index contributed by atoms with van der Waals surface area (Å²) >= 11 is 1.78. The highest BCUT2D eigenvalue weighted by Gasteiger charge is 2.42. The van der Waals surface area contributed by atoms with Crippen LogP contribution in [0.5, 0.6) is 5.88 Å². The highest BCUT2D eigenvalue weighted by molar-refractivity contribution is 7.98. The minimum Gasteiger partial charge on any atom is -0.474 e. The van der Waals surface area contributed by atoms with Gasteiger partial charge in [-0.15, -0.1) is 11.8 Å². The van der Waals surface area contributed by atoms with Gasteiger partial charge in [-0.25, -0.2) is 9.78 Å². The van der Waals surface area contributed by atoms with E-state index in [0.29, 0.717) is 35.8 Å². The Bertz CT molecular complexity index is 1570. The van der Waals surface area contributed by atoms with Gasteiger partial charge < -0.3 is 20.1 Å². The number of hydrogen-bond acceptors (Lipinski definition) is 9. The Morgan fingerprint density at radius 2 is 1.93 bits per heavy atom. The lowest BCUT2D eigenvalue weighted by atomic mass is 9.95. The minimum absolute atomic E-state index is 0.0416. The lowest BCUT2D eigenvalue weighted by Gasteiger charge is -2.31. The molecule has 11 heteroatoms. The van der Waals surface area contributed by atoms with Gasteiger partial charge in [-0.05, 0) is 62.9 Å². The van der Waals surface area contributed by atoms with E-state index in [2.05, 4.69) is 54.6 Å². The molecule has 1 amide bonds. The van der Waals surface area contributed by atoms with Crippen molar-refractivity contribution < 1.29 is 19.1 Å². The van der Waals surface area contributed by atoms with Gasteiger partial charge in [0.15, 0.2) is 0 Å². The van der Waals surface area contributed by atoms with Gasteiger partial charge >= 0.3 is 5.97 Å². The van der Waals surface area contributed by atoms with Crippen LogP contribution in [0.15, 0.2) is 59.5 Å². The van der Waals surface area contributed by atoms with Crippen LogP contribution in [0.1, 0.15) is 53.7 Å². The summed E-state index contributed by atoms with van der Waals surface area (Å²) in [4.78, 5) is 33.4. The van der Waals surface area contributed by atoms with Gasteiger partial charge in [-0.3, -0.25) is 9.69 Å². The molecule has 1 saturated heterocycles. The molecule has 234 valence electrons. The van der Waals surface area contributed by atoms with Gasteiger partial charge in [0.05, 0.1) is 42.4 Å². The van der Waals surface area contributed by atoms with E-state index < -0.39 is 5.97 Å². The number of aryl methyl sites for hydroxylation is 1. The number of rotatable bonds is 13. The maximum Gasteiger partial charge on any atom is 0.337 e. The third kappa shape index (κ3) is 9.02. The van der Waals surface area contributed by atoms with E-state index in [4.69, 9.17) is 14.5 Å². The maximum atomic E-state index is 13.1. The number of nitriles is 1. The number of amides is 1. The Morgan fingerprint density at radius 3 is 2.64 bits per heavy atom. The molecule has 2 N–H and O–H groups in total. The second-order valence-corrected chi connectivity index (χ2v) is 13.1. The van der Waals surface area contributed by atoms with Gasteiger partial charge in [0.25, 0.3) is 0 Å². The predicted molar refractivity (Wildman–Crippen MR) is 180 cm³/mol. The van der Waals surface area contributed by atoms with Crippen LogP contribution in [0.3, 0.4) is 0 Å². The van der Waals surface area contributed by atoms with Gasteiger partial charge in [0.1, 0.15) is 14.0 Å². The summed E-state index contributed by atoms with van der Waals surface area (Å²) in [6.07, 6.45) is 4.10. The summed E-state index contributed by atoms with van der Waals surface area (Å²) in [7, 11) is 3.48. The normalized spacial score (nSPS) is 15.9. The molecule has 2 heterocycles. The Balaban J connectivity index is 1.11.